The van der Waals surface area contributed by atoms with Gasteiger partial charge in [0.15, 0.2) is 0 Å². The third kappa shape index (κ3) is 3.80. The van der Waals surface area contributed by atoms with E-state index in [0.717, 1.165) is 78.2 Å². The van der Waals surface area contributed by atoms with Crippen LogP contribution < -0.4 is 0 Å². The molecule has 0 atom stereocenters. The topological polar surface area (TPSA) is 54.5 Å². The minimum atomic E-state index is -0.106. The molecule has 4 rings (SSSR count). The third-order valence-electron chi connectivity index (χ3n) is 5.84. The molecule has 0 N–H and O–H groups in total. The molecule has 0 radical (unpaired) electrons. The molecular weight excluding hydrogens is 296 g/mol. The average molecular weight is 324 g/mol. The van der Waals surface area contributed by atoms with Crippen molar-refractivity contribution in [2.45, 2.75) is 43.8 Å². The lowest BCUT2D eigenvalue weighted by atomic mass is 9.88. The van der Waals surface area contributed by atoms with Gasteiger partial charge in [0.2, 0.25) is 0 Å². The van der Waals surface area contributed by atoms with Crippen molar-refractivity contribution in [3.63, 3.8) is 0 Å². The molecule has 0 aromatic carbocycles. The van der Waals surface area contributed by atoms with Crippen LogP contribution in [0.4, 0.5) is 4.79 Å². The van der Waals surface area contributed by atoms with Crippen LogP contribution in [-0.4, -0.2) is 80.1 Å². The summed E-state index contributed by atoms with van der Waals surface area (Å²) in [5.74, 6) is 0.639. The molecule has 0 aromatic rings. The third-order valence-corrected chi connectivity index (χ3v) is 5.84. The lowest BCUT2D eigenvalue weighted by molar-refractivity contribution is 0.000663. The van der Waals surface area contributed by atoms with Crippen molar-refractivity contribution in [1.29, 1.82) is 0 Å². The van der Waals surface area contributed by atoms with Crippen LogP contribution in [-0.2, 0) is 14.2 Å². The Labute approximate surface area is 138 Å². The second-order valence-corrected chi connectivity index (χ2v) is 7.57. The van der Waals surface area contributed by atoms with Crippen LogP contribution in [0.2, 0.25) is 0 Å². The van der Waals surface area contributed by atoms with E-state index in [1.807, 2.05) is 4.90 Å². The van der Waals surface area contributed by atoms with Gasteiger partial charge in [-0.3, -0.25) is 4.90 Å². The van der Waals surface area contributed by atoms with E-state index < -0.39 is 0 Å². The molecule has 1 spiro atoms. The molecule has 1 amide bonds. The number of ether oxygens (including phenoxy) is 3. The van der Waals surface area contributed by atoms with E-state index in [-0.39, 0.29) is 17.8 Å². The maximum atomic E-state index is 12.2. The van der Waals surface area contributed by atoms with Crippen molar-refractivity contribution in [3.05, 3.63) is 0 Å². The van der Waals surface area contributed by atoms with Gasteiger partial charge in [0.05, 0.1) is 25.4 Å². The van der Waals surface area contributed by atoms with E-state index in [1.54, 1.807) is 0 Å². The highest BCUT2D eigenvalue weighted by molar-refractivity contribution is 5.68. The highest BCUT2D eigenvalue weighted by Crippen LogP contribution is 2.42. The van der Waals surface area contributed by atoms with Gasteiger partial charge in [0.25, 0.3) is 0 Å². The first-order chi connectivity index (χ1) is 11.2. The van der Waals surface area contributed by atoms with Gasteiger partial charge in [0.1, 0.15) is 6.10 Å². The number of rotatable bonds is 4. The minimum Gasteiger partial charge on any atom is -0.446 e. The molecule has 1 saturated carbocycles. The Kier molecular flexibility index (Phi) is 4.48. The molecule has 3 saturated heterocycles. The van der Waals surface area contributed by atoms with E-state index >= 15 is 0 Å². The van der Waals surface area contributed by atoms with Gasteiger partial charge in [-0.2, -0.15) is 0 Å². The zero-order valence-electron chi connectivity index (χ0n) is 13.9. The van der Waals surface area contributed by atoms with Crippen LogP contribution in [0.25, 0.3) is 0 Å². The molecule has 6 nitrogen and oxygen atoms in total. The molecule has 1 aliphatic carbocycles. The molecule has 3 heterocycles. The van der Waals surface area contributed by atoms with E-state index in [0.29, 0.717) is 5.92 Å². The largest absolute Gasteiger partial charge is 0.446 e. The van der Waals surface area contributed by atoms with Crippen LogP contribution in [0.15, 0.2) is 0 Å². The van der Waals surface area contributed by atoms with Crippen LogP contribution in [0.1, 0.15) is 32.1 Å². The van der Waals surface area contributed by atoms with Crippen molar-refractivity contribution in [2.75, 3.05) is 52.5 Å². The Balaban J connectivity index is 1.10. The summed E-state index contributed by atoms with van der Waals surface area (Å²) in [7, 11) is 0. The van der Waals surface area contributed by atoms with Gasteiger partial charge >= 0.3 is 6.09 Å². The quantitative estimate of drug-likeness (QED) is 0.733. The van der Waals surface area contributed by atoms with E-state index in [9.17, 15) is 4.79 Å². The number of nitrogens with zero attached hydrogens (tertiary/aromatic N) is 2. The van der Waals surface area contributed by atoms with Gasteiger partial charge in [-0.05, 0) is 44.6 Å². The van der Waals surface area contributed by atoms with E-state index in [1.165, 1.54) is 6.42 Å². The first-order valence-corrected chi connectivity index (χ1v) is 9.12. The van der Waals surface area contributed by atoms with Crippen LogP contribution in [0.5, 0.6) is 0 Å². The number of hydrogen-bond acceptors (Lipinski definition) is 5. The number of epoxide rings is 1. The highest BCUT2D eigenvalue weighted by Gasteiger charge is 2.47. The van der Waals surface area contributed by atoms with Crippen molar-refractivity contribution in [2.24, 2.45) is 5.92 Å². The lowest BCUT2D eigenvalue weighted by Crippen LogP contribution is -2.52. The maximum Gasteiger partial charge on any atom is 0.410 e. The van der Waals surface area contributed by atoms with E-state index in [4.69, 9.17) is 14.2 Å². The maximum absolute atomic E-state index is 12.2. The Bertz CT molecular complexity index is 418. The van der Waals surface area contributed by atoms with Gasteiger partial charge < -0.3 is 19.1 Å². The first kappa shape index (κ1) is 15.7. The summed E-state index contributed by atoms with van der Waals surface area (Å²) in [6.07, 6.45) is 5.18. The first-order valence-electron chi connectivity index (χ1n) is 9.12. The highest BCUT2D eigenvalue weighted by atomic mass is 16.6. The second-order valence-electron chi connectivity index (χ2n) is 7.57. The Hall–Kier alpha value is -0.850. The Morgan fingerprint density at radius 2 is 1.87 bits per heavy atom. The zero-order valence-corrected chi connectivity index (χ0v) is 13.9. The summed E-state index contributed by atoms with van der Waals surface area (Å²) in [5.41, 5.74) is 0.171. The van der Waals surface area contributed by atoms with E-state index in [2.05, 4.69) is 4.90 Å². The van der Waals surface area contributed by atoms with Crippen LogP contribution >= 0.6 is 0 Å². The van der Waals surface area contributed by atoms with Crippen LogP contribution in [0, 0.1) is 5.92 Å². The molecule has 130 valence electrons. The summed E-state index contributed by atoms with van der Waals surface area (Å²) < 4.78 is 16.5. The van der Waals surface area contributed by atoms with Crippen LogP contribution in [0.3, 0.4) is 0 Å². The Morgan fingerprint density at radius 1 is 1.17 bits per heavy atom. The predicted molar refractivity (Wildman–Crippen MR) is 84.4 cm³/mol. The number of carbonyl (C=O) groups excluding carboxylic acids is 1. The monoisotopic (exact) mass is 324 g/mol. The van der Waals surface area contributed by atoms with Gasteiger partial charge in [0, 0.05) is 26.2 Å². The number of likely N-dealkylation sites (tertiary alicyclic amines) is 1. The summed E-state index contributed by atoms with van der Waals surface area (Å²) in [6, 6.07) is 0. The average Bonchev–Trinajstić information content (AvgIpc) is 3.29. The minimum absolute atomic E-state index is 0.102. The zero-order chi connectivity index (χ0) is 15.7. The smallest absolute Gasteiger partial charge is 0.410 e. The fourth-order valence-electron chi connectivity index (χ4n) is 3.93. The summed E-state index contributed by atoms with van der Waals surface area (Å²) >= 11 is 0. The molecule has 23 heavy (non-hydrogen) atoms. The van der Waals surface area contributed by atoms with Crippen molar-refractivity contribution in [1.82, 2.24) is 9.80 Å². The number of hydrogen-bond donors (Lipinski definition) is 0. The predicted octanol–water partition coefficient (Wildman–Crippen LogP) is 1.49. The standard InChI is InChI=1S/C17H28N2O4/c20-16(23-15-1-4-17(5-2-15)13-22-17)19-11-14(12-19)3-6-18-7-9-21-10-8-18/h14-15H,1-13H2. The normalized spacial score (nSPS) is 35.1. The number of amides is 1. The molecule has 3 aliphatic heterocycles. The summed E-state index contributed by atoms with van der Waals surface area (Å²) in [4.78, 5) is 16.5. The van der Waals surface area contributed by atoms with Crippen molar-refractivity contribution in [3.8, 4) is 0 Å². The second kappa shape index (κ2) is 6.57. The fourth-order valence-corrected chi connectivity index (χ4v) is 3.93. The molecular formula is C17H28N2O4. The SMILES string of the molecule is O=C(OC1CCC2(CC1)CO2)N1CC(CCN2CCOCC2)C1. The van der Waals surface area contributed by atoms with Crippen molar-refractivity contribution < 1.29 is 19.0 Å². The summed E-state index contributed by atoms with van der Waals surface area (Å²) in [5, 5.41) is 0. The molecule has 0 aromatic heterocycles. The molecule has 4 aliphatic rings. The number of morpholine rings is 1. The molecule has 6 heteroatoms. The lowest BCUT2D eigenvalue weighted by Gasteiger charge is -2.40. The fraction of sp³-hybridized carbons (Fsp3) is 0.941. The van der Waals surface area contributed by atoms with Crippen molar-refractivity contribution >= 4 is 6.09 Å². The van der Waals surface area contributed by atoms with Gasteiger partial charge in [-0.1, -0.05) is 0 Å². The summed E-state index contributed by atoms with van der Waals surface area (Å²) in [6.45, 7) is 7.57. The van der Waals surface area contributed by atoms with Gasteiger partial charge in [-0.15, -0.1) is 0 Å². The van der Waals surface area contributed by atoms with Gasteiger partial charge in [-0.25, -0.2) is 4.79 Å². The Morgan fingerprint density at radius 3 is 2.52 bits per heavy atom. The molecule has 0 unspecified atom stereocenters. The number of carbonyl (C=O) groups is 1. The molecule has 4 fully saturated rings. The molecule has 0 bridgehead atoms.